The van der Waals surface area contributed by atoms with E-state index in [9.17, 15) is 14.9 Å². The predicted molar refractivity (Wildman–Crippen MR) is 120 cm³/mol. The Kier molecular flexibility index (Phi) is 6.38. The van der Waals surface area contributed by atoms with Gasteiger partial charge in [0.1, 0.15) is 11.6 Å². The molecule has 0 spiro atoms. The SMILES string of the molecule is Cc1ccc(-c2nc(S[C@H](C)C(=O)Nc3cc(C)ccc3C)[nH]c(=O)c2C#N)cc1. The molecule has 1 amide bonds. The van der Waals surface area contributed by atoms with Crippen LogP contribution in [0, 0.1) is 32.1 Å². The molecule has 30 heavy (non-hydrogen) atoms. The average Bonchev–Trinajstić information content (AvgIpc) is 2.71. The van der Waals surface area contributed by atoms with E-state index in [2.05, 4.69) is 15.3 Å². The van der Waals surface area contributed by atoms with Crippen molar-refractivity contribution in [3.05, 3.63) is 75.1 Å². The van der Waals surface area contributed by atoms with E-state index in [0.717, 1.165) is 34.1 Å². The summed E-state index contributed by atoms with van der Waals surface area (Å²) in [6, 6.07) is 15.2. The molecule has 0 radical (unpaired) electrons. The third-order valence-electron chi connectivity index (χ3n) is 4.64. The summed E-state index contributed by atoms with van der Waals surface area (Å²) in [5.41, 5.74) is 4.27. The van der Waals surface area contributed by atoms with Crippen molar-refractivity contribution in [2.24, 2.45) is 0 Å². The average molecular weight is 419 g/mol. The van der Waals surface area contributed by atoms with E-state index in [1.165, 1.54) is 0 Å². The number of anilines is 1. The minimum atomic E-state index is -0.521. The molecule has 1 heterocycles. The molecule has 0 aliphatic carbocycles. The predicted octanol–water partition coefficient (Wildman–Crippen LogP) is 4.35. The summed E-state index contributed by atoms with van der Waals surface area (Å²) in [6.45, 7) is 7.60. The summed E-state index contributed by atoms with van der Waals surface area (Å²) in [6.07, 6.45) is 0. The Labute approximate surface area is 179 Å². The molecule has 6 nitrogen and oxygen atoms in total. The Bertz CT molecular complexity index is 1190. The molecule has 0 bridgehead atoms. The number of rotatable bonds is 5. The molecular formula is C23H22N4O2S. The Hall–Kier alpha value is -3.37. The first-order valence-electron chi connectivity index (χ1n) is 9.44. The van der Waals surface area contributed by atoms with Crippen LogP contribution < -0.4 is 10.9 Å². The van der Waals surface area contributed by atoms with E-state index in [1.54, 1.807) is 6.92 Å². The van der Waals surface area contributed by atoms with Crippen LogP contribution in [0.1, 0.15) is 29.2 Å². The van der Waals surface area contributed by atoms with Crippen molar-refractivity contribution < 1.29 is 4.79 Å². The number of amides is 1. The molecule has 0 fully saturated rings. The molecule has 0 saturated heterocycles. The Balaban J connectivity index is 1.86. The van der Waals surface area contributed by atoms with Gasteiger partial charge in [-0.3, -0.25) is 9.59 Å². The number of hydrogen-bond acceptors (Lipinski definition) is 5. The molecule has 7 heteroatoms. The van der Waals surface area contributed by atoms with Gasteiger partial charge in [0.15, 0.2) is 5.16 Å². The number of hydrogen-bond donors (Lipinski definition) is 2. The van der Waals surface area contributed by atoms with Crippen molar-refractivity contribution in [1.82, 2.24) is 9.97 Å². The highest BCUT2D eigenvalue weighted by Crippen LogP contribution is 2.26. The molecule has 0 unspecified atom stereocenters. The standard InChI is InChI=1S/C23H22N4O2S/c1-13-6-9-17(10-7-13)20-18(12-24)22(29)27-23(26-20)30-16(4)21(28)25-19-11-14(2)5-8-15(19)3/h5-11,16H,1-4H3,(H,25,28)(H,26,27,29)/t16-/m1/s1. The Morgan fingerprint density at radius 1 is 1.13 bits per heavy atom. The minimum Gasteiger partial charge on any atom is -0.325 e. The molecule has 2 aromatic carbocycles. The molecule has 3 aromatic rings. The maximum absolute atomic E-state index is 12.7. The Morgan fingerprint density at radius 3 is 2.47 bits per heavy atom. The number of benzene rings is 2. The number of aromatic amines is 1. The molecule has 152 valence electrons. The zero-order valence-electron chi connectivity index (χ0n) is 17.2. The van der Waals surface area contributed by atoms with Crippen molar-refractivity contribution in [2.45, 2.75) is 38.1 Å². The minimum absolute atomic E-state index is 0.0457. The normalized spacial score (nSPS) is 11.6. The van der Waals surface area contributed by atoms with Crippen LogP contribution in [-0.4, -0.2) is 21.1 Å². The number of carbonyl (C=O) groups is 1. The van der Waals surface area contributed by atoms with E-state index in [1.807, 2.05) is 69.3 Å². The van der Waals surface area contributed by atoms with Gasteiger partial charge in [0.25, 0.3) is 5.56 Å². The van der Waals surface area contributed by atoms with Crippen LogP contribution in [0.25, 0.3) is 11.3 Å². The molecule has 1 atom stereocenters. The lowest BCUT2D eigenvalue weighted by Crippen LogP contribution is -2.24. The number of thioether (sulfide) groups is 1. The van der Waals surface area contributed by atoms with Crippen molar-refractivity contribution >= 4 is 23.4 Å². The maximum atomic E-state index is 12.7. The fourth-order valence-corrected chi connectivity index (χ4v) is 3.65. The van der Waals surface area contributed by atoms with Crippen LogP contribution in [0.5, 0.6) is 0 Å². The van der Waals surface area contributed by atoms with Crippen LogP contribution in [0.3, 0.4) is 0 Å². The molecule has 3 rings (SSSR count). The van der Waals surface area contributed by atoms with Gasteiger partial charge in [0, 0.05) is 11.3 Å². The van der Waals surface area contributed by atoms with Gasteiger partial charge in [-0.25, -0.2) is 4.98 Å². The lowest BCUT2D eigenvalue weighted by molar-refractivity contribution is -0.115. The number of carbonyl (C=O) groups excluding carboxylic acids is 1. The topological polar surface area (TPSA) is 98.6 Å². The number of nitriles is 1. The van der Waals surface area contributed by atoms with Crippen LogP contribution in [0.2, 0.25) is 0 Å². The molecule has 0 aliphatic rings. The van der Waals surface area contributed by atoms with Crippen molar-refractivity contribution in [2.75, 3.05) is 5.32 Å². The lowest BCUT2D eigenvalue weighted by Gasteiger charge is -2.14. The summed E-state index contributed by atoms with van der Waals surface area (Å²) in [5, 5.41) is 12.1. The van der Waals surface area contributed by atoms with Gasteiger partial charge in [-0.1, -0.05) is 53.7 Å². The van der Waals surface area contributed by atoms with Gasteiger partial charge >= 0.3 is 0 Å². The Morgan fingerprint density at radius 2 is 1.80 bits per heavy atom. The molecule has 1 aromatic heterocycles. The number of nitrogens with zero attached hydrogens (tertiary/aromatic N) is 2. The maximum Gasteiger partial charge on any atom is 0.270 e. The zero-order chi connectivity index (χ0) is 21.8. The summed E-state index contributed by atoms with van der Waals surface area (Å²) < 4.78 is 0. The third-order valence-corrected chi connectivity index (χ3v) is 5.63. The molecular weight excluding hydrogens is 396 g/mol. The highest BCUT2D eigenvalue weighted by molar-refractivity contribution is 8.00. The second kappa shape index (κ2) is 8.97. The van der Waals surface area contributed by atoms with E-state index < -0.39 is 10.8 Å². The summed E-state index contributed by atoms with van der Waals surface area (Å²) >= 11 is 1.14. The second-order valence-electron chi connectivity index (χ2n) is 7.14. The number of nitrogens with one attached hydrogen (secondary N) is 2. The van der Waals surface area contributed by atoms with E-state index in [0.29, 0.717) is 11.3 Å². The van der Waals surface area contributed by atoms with Crippen LogP contribution in [0.15, 0.2) is 52.4 Å². The first kappa shape index (κ1) is 21.3. The fraction of sp³-hybridized carbons (Fsp3) is 0.217. The first-order chi connectivity index (χ1) is 14.3. The van der Waals surface area contributed by atoms with Gasteiger partial charge in [-0.05, 0) is 44.9 Å². The summed E-state index contributed by atoms with van der Waals surface area (Å²) in [5.74, 6) is -0.197. The summed E-state index contributed by atoms with van der Waals surface area (Å²) in [4.78, 5) is 32.2. The van der Waals surface area contributed by atoms with E-state index in [4.69, 9.17) is 0 Å². The largest absolute Gasteiger partial charge is 0.325 e. The van der Waals surface area contributed by atoms with E-state index >= 15 is 0 Å². The summed E-state index contributed by atoms with van der Waals surface area (Å²) in [7, 11) is 0. The van der Waals surface area contributed by atoms with Gasteiger partial charge in [-0.15, -0.1) is 0 Å². The van der Waals surface area contributed by atoms with Crippen molar-refractivity contribution in [1.29, 1.82) is 5.26 Å². The monoisotopic (exact) mass is 418 g/mol. The van der Waals surface area contributed by atoms with Gasteiger partial charge in [0.2, 0.25) is 5.91 Å². The number of aryl methyl sites for hydroxylation is 3. The van der Waals surface area contributed by atoms with Crippen LogP contribution in [0.4, 0.5) is 5.69 Å². The van der Waals surface area contributed by atoms with Crippen molar-refractivity contribution in [3.8, 4) is 17.3 Å². The first-order valence-corrected chi connectivity index (χ1v) is 10.3. The van der Waals surface area contributed by atoms with Gasteiger partial charge in [-0.2, -0.15) is 5.26 Å². The quantitative estimate of drug-likeness (QED) is 0.474. The fourth-order valence-electron chi connectivity index (χ4n) is 2.86. The van der Waals surface area contributed by atoms with Crippen LogP contribution in [-0.2, 0) is 4.79 Å². The third kappa shape index (κ3) is 4.78. The molecule has 0 saturated carbocycles. The van der Waals surface area contributed by atoms with Gasteiger partial charge in [0.05, 0.1) is 10.9 Å². The zero-order valence-corrected chi connectivity index (χ0v) is 18.1. The van der Waals surface area contributed by atoms with Crippen molar-refractivity contribution in [3.63, 3.8) is 0 Å². The molecule has 2 N–H and O–H groups in total. The van der Waals surface area contributed by atoms with E-state index in [-0.39, 0.29) is 16.6 Å². The number of aromatic nitrogens is 2. The second-order valence-corrected chi connectivity index (χ2v) is 8.47. The smallest absolute Gasteiger partial charge is 0.270 e. The highest BCUT2D eigenvalue weighted by atomic mass is 32.2. The van der Waals surface area contributed by atoms with Crippen LogP contribution >= 0.6 is 11.8 Å². The number of H-pyrrole nitrogens is 1. The van der Waals surface area contributed by atoms with Gasteiger partial charge < -0.3 is 10.3 Å². The molecule has 0 aliphatic heterocycles. The lowest BCUT2D eigenvalue weighted by atomic mass is 10.1. The highest BCUT2D eigenvalue weighted by Gasteiger charge is 2.19.